The molecule has 18 heavy (non-hydrogen) atoms. The first-order valence-electron chi connectivity index (χ1n) is 5.29. The summed E-state index contributed by atoms with van der Waals surface area (Å²) >= 11 is 0. The van der Waals surface area contributed by atoms with Gasteiger partial charge in [0.05, 0.1) is 11.8 Å². The van der Waals surface area contributed by atoms with E-state index in [1.165, 1.54) is 6.20 Å². The van der Waals surface area contributed by atoms with Crippen LogP contribution in [0.4, 0.5) is 0 Å². The maximum atomic E-state index is 11.2. The molecule has 2 aromatic rings. The van der Waals surface area contributed by atoms with Crippen LogP contribution in [0.3, 0.4) is 0 Å². The van der Waals surface area contributed by atoms with E-state index in [-0.39, 0.29) is 6.54 Å². The zero-order chi connectivity index (χ0) is 13.3. The summed E-state index contributed by atoms with van der Waals surface area (Å²) in [5, 5.41) is 0.808. The fourth-order valence-electron chi connectivity index (χ4n) is 1.70. The summed E-state index contributed by atoms with van der Waals surface area (Å²) in [5.41, 5.74) is 1.84. The van der Waals surface area contributed by atoms with Crippen LogP contribution >= 0.6 is 0 Å². The number of hydrogen-bond donors (Lipinski definition) is 2. The molecule has 0 aliphatic rings. The standard InChI is InChI=1S/C11H13N3O3S/c1-7-3-4-8(5-13-18(2,16)17)10-9(7)6-12-11(15)14-10/h3-4,6,13H,5H2,1-2H3,(H,12,14,15). The minimum absolute atomic E-state index is 0.134. The predicted octanol–water partition coefficient (Wildman–Crippen LogP) is 0.281. The van der Waals surface area contributed by atoms with Gasteiger partial charge in [-0.1, -0.05) is 12.1 Å². The molecule has 0 aliphatic heterocycles. The first-order valence-corrected chi connectivity index (χ1v) is 7.18. The van der Waals surface area contributed by atoms with Crippen molar-refractivity contribution in [1.82, 2.24) is 14.7 Å². The van der Waals surface area contributed by atoms with Crippen LogP contribution in [0.25, 0.3) is 10.9 Å². The molecule has 7 heteroatoms. The number of H-pyrrole nitrogens is 1. The van der Waals surface area contributed by atoms with Crippen molar-refractivity contribution in [2.75, 3.05) is 6.26 Å². The SMILES string of the molecule is Cc1ccc(CNS(C)(=O)=O)c2[nH]c(=O)ncc12. The number of sulfonamides is 1. The van der Waals surface area contributed by atoms with Crippen molar-refractivity contribution in [3.8, 4) is 0 Å². The molecule has 0 saturated carbocycles. The number of aromatic nitrogens is 2. The first kappa shape index (κ1) is 12.7. The Morgan fingerprint density at radius 3 is 2.78 bits per heavy atom. The second-order valence-corrected chi connectivity index (χ2v) is 5.94. The Labute approximate surface area is 104 Å². The second-order valence-electron chi connectivity index (χ2n) is 4.11. The van der Waals surface area contributed by atoms with Crippen molar-refractivity contribution < 1.29 is 8.42 Å². The van der Waals surface area contributed by atoms with Crippen LogP contribution in [0.1, 0.15) is 11.1 Å². The normalized spacial score (nSPS) is 11.9. The number of aryl methyl sites for hydroxylation is 1. The Morgan fingerprint density at radius 2 is 2.11 bits per heavy atom. The molecule has 96 valence electrons. The summed E-state index contributed by atoms with van der Waals surface area (Å²) in [7, 11) is -3.27. The van der Waals surface area contributed by atoms with Crippen molar-refractivity contribution in [2.24, 2.45) is 0 Å². The van der Waals surface area contributed by atoms with Gasteiger partial charge in [0.25, 0.3) is 0 Å². The predicted molar refractivity (Wildman–Crippen MR) is 68.8 cm³/mol. The highest BCUT2D eigenvalue weighted by Crippen LogP contribution is 2.18. The Kier molecular flexibility index (Phi) is 3.18. The first-order chi connectivity index (χ1) is 8.37. The minimum Gasteiger partial charge on any atom is -0.305 e. The van der Waals surface area contributed by atoms with E-state index in [4.69, 9.17) is 0 Å². The zero-order valence-electron chi connectivity index (χ0n) is 10.0. The van der Waals surface area contributed by atoms with E-state index in [0.29, 0.717) is 11.1 Å². The van der Waals surface area contributed by atoms with E-state index in [1.54, 1.807) is 6.07 Å². The summed E-state index contributed by atoms with van der Waals surface area (Å²) in [4.78, 5) is 17.5. The molecule has 2 rings (SSSR count). The van der Waals surface area contributed by atoms with Crippen LogP contribution in [0.2, 0.25) is 0 Å². The van der Waals surface area contributed by atoms with Gasteiger partial charge in [0, 0.05) is 18.1 Å². The molecule has 0 atom stereocenters. The third-order valence-corrected chi connectivity index (χ3v) is 3.29. The van der Waals surface area contributed by atoms with E-state index in [0.717, 1.165) is 17.2 Å². The van der Waals surface area contributed by atoms with Gasteiger partial charge in [0.1, 0.15) is 0 Å². The van der Waals surface area contributed by atoms with Gasteiger partial charge in [0.2, 0.25) is 10.0 Å². The summed E-state index contributed by atoms with van der Waals surface area (Å²) in [6.07, 6.45) is 2.58. The van der Waals surface area contributed by atoms with E-state index in [9.17, 15) is 13.2 Å². The molecule has 0 saturated heterocycles. The van der Waals surface area contributed by atoms with Crippen molar-refractivity contribution in [2.45, 2.75) is 13.5 Å². The van der Waals surface area contributed by atoms with Crippen LogP contribution in [0, 0.1) is 6.92 Å². The number of hydrogen-bond acceptors (Lipinski definition) is 4. The van der Waals surface area contributed by atoms with Gasteiger partial charge in [-0.3, -0.25) is 0 Å². The lowest BCUT2D eigenvalue weighted by Gasteiger charge is -2.08. The maximum Gasteiger partial charge on any atom is 0.345 e. The lowest BCUT2D eigenvalue weighted by atomic mass is 10.1. The highest BCUT2D eigenvalue weighted by atomic mass is 32.2. The minimum atomic E-state index is -3.27. The van der Waals surface area contributed by atoms with Crippen LogP contribution in [-0.4, -0.2) is 24.6 Å². The average Bonchev–Trinajstić information content (AvgIpc) is 2.27. The van der Waals surface area contributed by atoms with Gasteiger partial charge in [-0.2, -0.15) is 0 Å². The van der Waals surface area contributed by atoms with Gasteiger partial charge in [0.15, 0.2) is 0 Å². The zero-order valence-corrected chi connectivity index (χ0v) is 10.8. The number of nitrogens with one attached hydrogen (secondary N) is 2. The number of nitrogens with zero attached hydrogens (tertiary/aromatic N) is 1. The summed E-state index contributed by atoms with van der Waals surface area (Å²) < 4.78 is 24.6. The van der Waals surface area contributed by atoms with Crippen LogP contribution in [0.5, 0.6) is 0 Å². The Bertz CT molecular complexity index is 750. The Balaban J connectivity index is 2.54. The Hall–Kier alpha value is -1.73. The highest BCUT2D eigenvalue weighted by Gasteiger charge is 2.07. The van der Waals surface area contributed by atoms with Crippen molar-refractivity contribution in [1.29, 1.82) is 0 Å². The fourth-order valence-corrected chi connectivity index (χ4v) is 2.12. The molecule has 0 fully saturated rings. The molecule has 1 aromatic heterocycles. The van der Waals surface area contributed by atoms with Crippen molar-refractivity contribution in [3.05, 3.63) is 39.9 Å². The molecule has 0 amide bonds. The fraction of sp³-hybridized carbons (Fsp3) is 0.273. The number of aromatic amines is 1. The smallest absolute Gasteiger partial charge is 0.305 e. The molecular formula is C11H13N3O3S. The molecule has 2 N–H and O–H groups in total. The lowest BCUT2D eigenvalue weighted by Crippen LogP contribution is -2.22. The molecule has 0 aliphatic carbocycles. The molecular weight excluding hydrogens is 254 g/mol. The quantitative estimate of drug-likeness (QED) is 0.835. The molecule has 0 bridgehead atoms. The summed E-state index contributed by atoms with van der Waals surface area (Å²) in [5.74, 6) is 0. The third kappa shape index (κ3) is 2.74. The van der Waals surface area contributed by atoms with Crippen LogP contribution in [-0.2, 0) is 16.6 Å². The highest BCUT2D eigenvalue weighted by molar-refractivity contribution is 7.88. The van der Waals surface area contributed by atoms with E-state index in [1.807, 2.05) is 13.0 Å². The molecule has 1 aromatic carbocycles. The molecule has 0 spiro atoms. The molecule has 1 heterocycles. The van der Waals surface area contributed by atoms with Crippen molar-refractivity contribution >= 4 is 20.9 Å². The monoisotopic (exact) mass is 267 g/mol. The van der Waals surface area contributed by atoms with Crippen molar-refractivity contribution in [3.63, 3.8) is 0 Å². The Morgan fingerprint density at radius 1 is 1.39 bits per heavy atom. The molecule has 6 nitrogen and oxygen atoms in total. The maximum absolute atomic E-state index is 11.2. The average molecular weight is 267 g/mol. The van der Waals surface area contributed by atoms with Gasteiger partial charge in [-0.15, -0.1) is 0 Å². The molecule has 0 unspecified atom stereocenters. The molecule has 0 radical (unpaired) electrons. The van der Waals surface area contributed by atoms with E-state index < -0.39 is 15.7 Å². The van der Waals surface area contributed by atoms with Crippen LogP contribution < -0.4 is 10.4 Å². The lowest BCUT2D eigenvalue weighted by molar-refractivity contribution is 0.588. The summed E-state index contributed by atoms with van der Waals surface area (Å²) in [6, 6.07) is 3.65. The van der Waals surface area contributed by atoms with E-state index >= 15 is 0 Å². The van der Waals surface area contributed by atoms with Crippen LogP contribution in [0.15, 0.2) is 23.1 Å². The number of benzene rings is 1. The third-order valence-electron chi connectivity index (χ3n) is 2.62. The van der Waals surface area contributed by atoms with Gasteiger partial charge >= 0.3 is 5.69 Å². The number of rotatable bonds is 3. The van der Waals surface area contributed by atoms with E-state index in [2.05, 4.69) is 14.7 Å². The van der Waals surface area contributed by atoms with Gasteiger partial charge < -0.3 is 4.98 Å². The van der Waals surface area contributed by atoms with Gasteiger partial charge in [-0.25, -0.2) is 22.9 Å². The van der Waals surface area contributed by atoms with Gasteiger partial charge in [-0.05, 0) is 18.1 Å². The topological polar surface area (TPSA) is 91.9 Å². The summed E-state index contributed by atoms with van der Waals surface area (Å²) in [6.45, 7) is 2.03. The largest absolute Gasteiger partial charge is 0.345 e. The number of fused-ring (bicyclic) bond motifs is 1. The second kappa shape index (κ2) is 4.51.